The van der Waals surface area contributed by atoms with Gasteiger partial charge in [0.05, 0.1) is 27.4 Å². The van der Waals surface area contributed by atoms with Crippen LogP contribution < -0.4 is 18.9 Å². The van der Waals surface area contributed by atoms with Crippen molar-refractivity contribution in [3.63, 3.8) is 0 Å². The highest BCUT2D eigenvalue weighted by Gasteiger charge is 2.25. The van der Waals surface area contributed by atoms with Crippen molar-refractivity contribution in [1.29, 1.82) is 0 Å². The molecular formula is C22H23NO6. The predicted octanol–water partition coefficient (Wildman–Crippen LogP) is 3.84. The Morgan fingerprint density at radius 1 is 0.931 bits per heavy atom. The van der Waals surface area contributed by atoms with Gasteiger partial charge in [-0.2, -0.15) is 0 Å². The van der Waals surface area contributed by atoms with Crippen LogP contribution in [0.4, 0.5) is 0 Å². The molecule has 1 aliphatic heterocycles. The molecule has 0 spiro atoms. The molecule has 29 heavy (non-hydrogen) atoms. The molecule has 0 aliphatic carbocycles. The van der Waals surface area contributed by atoms with E-state index in [-0.39, 0.29) is 17.7 Å². The minimum absolute atomic E-state index is 0.0773. The Labute approximate surface area is 169 Å². The van der Waals surface area contributed by atoms with Crippen LogP contribution in [-0.4, -0.2) is 39.3 Å². The average Bonchev–Trinajstić information content (AvgIpc) is 3.08. The largest absolute Gasteiger partial charge is 0.496 e. The first-order chi connectivity index (χ1) is 13.9. The van der Waals surface area contributed by atoms with E-state index < -0.39 is 5.97 Å². The molecule has 7 nitrogen and oxygen atoms in total. The van der Waals surface area contributed by atoms with E-state index in [2.05, 4.69) is 4.99 Å². The molecule has 0 atom stereocenters. The van der Waals surface area contributed by atoms with E-state index in [9.17, 15) is 4.79 Å². The Balaban J connectivity index is 1.92. The number of hydrogen-bond acceptors (Lipinski definition) is 7. The van der Waals surface area contributed by atoms with E-state index in [1.165, 1.54) is 21.3 Å². The topological polar surface area (TPSA) is 75.6 Å². The zero-order chi connectivity index (χ0) is 21.0. The van der Waals surface area contributed by atoms with Gasteiger partial charge in [0.25, 0.3) is 0 Å². The molecule has 0 saturated carbocycles. The molecule has 0 saturated heterocycles. The van der Waals surface area contributed by atoms with Gasteiger partial charge in [-0.1, -0.05) is 0 Å². The quantitative estimate of drug-likeness (QED) is 0.522. The first-order valence-corrected chi connectivity index (χ1v) is 9.04. The van der Waals surface area contributed by atoms with Gasteiger partial charge >= 0.3 is 5.97 Å². The van der Waals surface area contributed by atoms with Crippen LogP contribution in [0.5, 0.6) is 23.0 Å². The fraction of sp³-hybridized carbons (Fsp3) is 0.273. The number of ether oxygens (including phenoxy) is 5. The second-order valence-corrected chi connectivity index (χ2v) is 6.48. The molecule has 3 rings (SSSR count). The van der Waals surface area contributed by atoms with Crippen molar-refractivity contribution >= 4 is 17.9 Å². The molecule has 0 unspecified atom stereocenters. The van der Waals surface area contributed by atoms with E-state index >= 15 is 0 Å². The summed E-state index contributed by atoms with van der Waals surface area (Å²) in [6.45, 7) is 3.91. The van der Waals surface area contributed by atoms with Gasteiger partial charge in [-0.3, -0.25) is 0 Å². The number of benzene rings is 2. The first-order valence-electron chi connectivity index (χ1n) is 9.04. The summed E-state index contributed by atoms with van der Waals surface area (Å²) in [6.07, 6.45) is 1.67. The third kappa shape index (κ3) is 4.51. The lowest BCUT2D eigenvalue weighted by Gasteiger charge is -2.12. The van der Waals surface area contributed by atoms with E-state index in [1.54, 1.807) is 30.3 Å². The minimum atomic E-state index is -0.542. The van der Waals surface area contributed by atoms with E-state index in [4.69, 9.17) is 23.7 Å². The molecule has 0 N–H and O–H groups in total. The van der Waals surface area contributed by atoms with Crippen molar-refractivity contribution in [3.8, 4) is 23.0 Å². The van der Waals surface area contributed by atoms with Crippen LogP contribution >= 0.6 is 0 Å². The molecule has 0 bridgehead atoms. The minimum Gasteiger partial charge on any atom is -0.496 e. The van der Waals surface area contributed by atoms with Gasteiger partial charge in [0.1, 0.15) is 11.5 Å². The zero-order valence-electron chi connectivity index (χ0n) is 17.0. The van der Waals surface area contributed by atoms with Gasteiger partial charge in [0.15, 0.2) is 17.2 Å². The predicted molar refractivity (Wildman–Crippen MR) is 109 cm³/mol. The van der Waals surface area contributed by atoms with Crippen molar-refractivity contribution in [1.82, 2.24) is 0 Å². The lowest BCUT2D eigenvalue weighted by Crippen LogP contribution is -2.07. The van der Waals surface area contributed by atoms with Gasteiger partial charge in [0, 0.05) is 17.2 Å². The SMILES string of the molecule is COc1cc(OC)c(OC)cc1/C=C1\N=C(c2ccc(OC(C)C)cc2)OC1=O. The molecule has 2 aromatic rings. The second-order valence-electron chi connectivity index (χ2n) is 6.48. The lowest BCUT2D eigenvalue weighted by atomic mass is 10.1. The number of hydrogen-bond donors (Lipinski definition) is 0. The van der Waals surface area contributed by atoms with Crippen LogP contribution in [0.25, 0.3) is 6.08 Å². The standard InChI is InChI=1S/C22H23NO6/c1-13(2)28-16-8-6-14(7-9-16)21-23-17(22(24)29-21)10-15-11-19(26-4)20(27-5)12-18(15)25-3/h6-13H,1-5H3/b17-10-. The van der Waals surface area contributed by atoms with Crippen LogP contribution in [0.3, 0.4) is 0 Å². The van der Waals surface area contributed by atoms with Crippen molar-refractivity contribution in [3.05, 3.63) is 53.2 Å². The average molecular weight is 397 g/mol. The summed E-state index contributed by atoms with van der Waals surface area (Å²) in [6, 6.07) is 10.6. The second kappa shape index (κ2) is 8.68. The fourth-order valence-corrected chi connectivity index (χ4v) is 2.79. The monoisotopic (exact) mass is 397 g/mol. The Hall–Kier alpha value is -3.48. The van der Waals surface area contributed by atoms with Crippen LogP contribution in [-0.2, 0) is 9.53 Å². The van der Waals surface area contributed by atoms with Gasteiger partial charge in [-0.05, 0) is 50.3 Å². The Kier molecular flexibility index (Phi) is 6.07. The van der Waals surface area contributed by atoms with Crippen molar-refractivity contribution < 1.29 is 28.5 Å². The van der Waals surface area contributed by atoms with Crippen LogP contribution in [0.15, 0.2) is 47.1 Å². The van der Waals surface area contributed by atoms with Crippen LogP contribution in [0.1, 0.15) is 25.0 Å². The number of carbonyl (C=O) groups excluding carboxylic acids is 1. The maximum atomic E-state index is 12.3. The Morgan fingerprint density at radius 3 is 2.14 bits per heavy atom. The summed E-state index contributed by atoms with van der Waals surface area (Å²) in [4.78, 5) is 16.7. The number of methoxy groups -OCH3 is 3. The van der Waals surface area contributed by atoms with Crippen molar-refractivity contribution in [2.24, 2.45) is 4.99 Å². The number of aliphatic imine (C=N–C) groups is 1. The van der Waals surface area contributed by atoms with E-state index in [0.29, 0.717) is 28.4 Å². The highest BCUT2D eigenvalue weighted by molar-refractivity contribution is 6.13. The van der Waals surface area contributed by atoms with Gasteiger partial charge in [-0.15, -0.1) is 0 Å². The molecule has 1 aliphatic rings. The third-order valence-corrected chi connectivity index (χ3v) is 4.12. The van der Waals surface area contributed by atoms with Crippen LogP contribution in [0.2, 0.25) is 0 Å². The smallest absolute Gasteiger partial charge is 0.363 e. The molecule has 2 aromatic carbocycles. The maximum Gasteiger partial charge on any atom is 0.363 e. The number of carbonyl (C=O) groups is 1. The summed E-state index contributed by atoms with van der Waals surface area (Å²) >= 11 is 0. The number of nitrogens with zero attached hydrogens (tertiary/aromatic N) is 1. The summed E-state index contributed by atoms with van der Waals surface area (Å²) < 4.78 is 27.0. The van der Waals surface area contributed by atoms with Gasteiger partial charge in [0.2, 0.25) is 5.90 Å². The molecule has 0 fully saturated rings. The summed E-state index contributed by atoms with van der Waals surface area (Å²) in [5, 5.41) is 0. The van der Waals surface area contributed by atoms with Crippen molar-refractivity contribution in [2.45, 2.75) is 20.0 Å². The number of cyclic esters (lactones) is 1. The van der Waals surface area contributed by atoms with Gasteiger partial charge in [-0.25, -0.2) is 9.79 Å². The molecular weight excluding hydrogens is 374 g/mol. The number of esters is 1. The normalized spacial score (nSPS) is 14.6. The fourth-order valence-electron chi connectivity index (χ4n) is 2.79. The molecule has 0 aromatic heterocycles. The maximum absolute atomic E-state index is 12.3. The number of rotatable bonds is 7. The van der Waals surface area contributed by atoms with E-state index in [0.717, 1.165) is 5.75 Å². The summed E-state index contributed by atoms with van der Waals surface area (Å²) in [5.41, 5.74) is 1.45. The Bertz CT molecular complexity index is 960. The Morgan fingerprint density at radius 2 is 1.55 bits per heavy atom. The highest BCUT2D eigenvalue weighted by atomic mass is 16.6. The first kappa shape index (κ1) is 20.3. The highest BCUT2D eigenvalue weighted by Crippen LogP contribution is 2.36. The van der Waals surface area contributed by atoms with Gasteiger partial charge < -0.3 is 23.7 Å². The summed E-state index contributed by atoms with van der Waals surface area (Å²) in [5.74, 6) is 1.97. The molecule has 0 radical (unpaired) electrons. The van der Waals surface area contributed by atoms with Crippen molar-refractivity contribution in [2.75, 3.05) is 21.3 Å². The molecule has 0 amide bonds. The molecule has 1 heterocycles. The third-order valence-electron chi connectivity index (χ3n) is 4.12. The van der Waals surface area contributed by atoms with Crippen LogP contribution in [0, 0.1) is 0 Å². The summed E-state index contributed by atoms with van der Waals surface area (Å²) in [7, 11) is 4.61. The zero-order valence-corrected chi connectivity index (χ0v) is 17.0. The van der Waals surface area contributed by atoms with E-state index in [1.807, 2.05) is 26.0 Å². The molecule has 152 valence electrons. The molecule has 7 heteroatoms. The lowest BCUT2D eigenvalue weighted by molar-refractivity contribution is -0.129.